The molecule has 0 radical (unpaired) electrons. The fraction of sp³-hybridized carbons (Fsp3) is 0.423. The highest BCUT2D eigenvalue weighted by Crippen LogP contribution is 2.49. The van der Waals surface area contributed by atoms with Crippen molar-refractivity contribution in [2.45, 2.75) is 64.1 Å². The minimum Gasteiger partial charge on any atom is -0.293 e. The third kappa shape index (κ3) is 3.98. The van der Waals surface area contributed by atoms with Crippen molar-refractivity contribution in [3.8, 4) is 0 Å². The second kappa shape index (κ2) is 8.45. The van der Waals surface area contributed by atoms with Crippen LogP contribution in [0.2, 0.25) is 0 Å². The molecule has 2 heteroatoms. The van der Waals surface area contributed by atoms with E-state index in [1.165, 1.54) is 43.2 Å². The smallest absolute Gasteiger partial charge is 0.174 e. The Kier molecular flexibility index (Phi) is 5.77. The molecule has 1 aliphatic heterocycles. The quantitative estimate of drug-likeness (QED) is 0.461. The van der Waals surface area contributed by atoms with Crippen LogP contribution in [0.3, 0.4) is 0 Å². The van der Waals surface area contributed by atoms with Crippen LogP contribution in [0.15, 0.2) is 72.3 Å². The molecule has 2 aromatic carbocycles. The van der Waals surface area contributed by atoms with Gasteiger partial charge in [-0.25, -0.2) is 0 Å². The fourth-order valence-electron chi connectivity index (χ4n) is 5.07. The Bertz CT molecular complexity index is 777. The molecule has 0 amide bonds. The van der Waals surface area contributed by atoms with Crippen LogP contribution in [-0.4, -0.2) is 22.8 Å². The SMILES string of the molecule is CC(C)=CC(=O)[C@H]1[C@@H](C2CCCCC2)N1C(c1ccccc1)c1ccccc1. The first kappa shape index (κ1) is 19.1. The highest BCUT2D eigenvalue weighted by atomic mass is 16.1. The van der Waals surface area contributed by atoms with E-state index in [0.717, 1.165) is 5.57 Å². The lowest BCUT2D eigenvalue weighted by Crippen LogP contribution is -2.20. The maximum absolute atomic E-state index is 13.1. The van der Waals surface area contributed by atoms with Crippen LogP contribution in [0.5, 0.6) is 0 Å². The summed E-state index contributed by atoms with van der Waals surface area (Å²) in [5.74, 6) is 0.927. The standard InChI is InChI=1S/C26H31NO/c1-19(2)18-23(28)26-25(22-16-10-5-11-17-22)27(26)24(20-12-6-3-7-13-20)21-14-8-4-9-15-21/h3-4,6-9,12-15,18,22,24-26H,5,10-11,16-17H2,1-2H3/t25-,26+,27?/m1/s1. The summed E-state index contributed by atoms with van der Waals surface area (Å²) in [6.45, 7) is 4.04. The molecule has 0 N–H and O–H groups in total. The molecule has 0 aromatic heterocycles. The van der Waals surface area contributed by atoms with Gasteiger partial charge in [0.1, 0.15) is 0 Å². The van der Waals surface area contributed by atoms with Gasteiger partial charge < -0.3 is 0 Å². The Morgan fingerprint density at radius 3 is 1.93 bits per heavy atom. The van der Waals surface area contributed by atoms with Crippen molar-refractivity contribution >= 4 is 5.78 Å². The molecule has 1 heterocycles. The van der Waals surface area contributed by atoms with E-state index < -0.39 is 0 Å². The third-order valence-electron chi connectivity index (χ3n) is 6.28. The zero-order chi connectivity index (χ0) is 19.5. The summed E-state index contributed by atoms with van der Waals surface area (Å²) >= 11 is 0. The number of carbonyl (C=O) groups excluding carboxylic acids is 1. The lowest BCUT2D eigenvalue weighted by molar-refractivity contribution is -0.115. The lowest BCUT2D eigenvalue weighted by atomic mass is 9.85. The summed E-state index contributed by atoms with van der Waals surface area (Å²) in [5.41, 5.74) is 3.65. The first-order valence-corrected chi connectivity index (χ1v) is 10.7. The number of hydrogen-bond donors (Lipinski definition) is 0. The molecule has 0 spiro atoms. The van der Waals surface area contributed by atoms with Crippen LogP contribution >= 0.6 is 0 Å². The van der Waals surface area contributed by atoms with Gasteiger partial charge in [-0.3, -0.25) is 9.69 Å². The summed E-state index contributed by atoms with van der Waals surface area (Å²) in [7, 11) is 0. The molecule has 1 unspecified atom stereocenters. The Labute approximate surface area is 169 Å². The van der Waals surface area contributed by atoms with Gasteiger partial charge in [0, 0.05) is 6.04 Å². The van der Waals surface area contributed by atoms with Gasteiger partial charge in [-0.1, -0.05) is 85.5 Å². The molecule has 28 heavy (non-hydrogen) atoms. The molecule has 4 rings (SSSR count). The van der Waals surface area contributed by atoms with E-state index in [0.29, 0.717) is 12.0 Å². The predicted octanol–water partition coefficient (Wildman–Crippen LogP) is 5.94. The van der Waals surface area contributed by atoms with Crippen molar-refractivity contribution in [3.05, 3.63) is 83.4 Å². The van der Waals surface area contributed by atoms with Crippen molar-refractivity contribution in [2.24, 2.45) is 5.92 Å². The number of rotatable bonds is 6. The van der Waals surface area contributed by atoms with Crippen LogP contribution < -0.4 is 0 Å². The molecular weight excluding hydrogens is 342 g/mol. The molecule has 146 valence electrons. The van der Waals surface area contributed by atoms with E-state index in [1.807, 2.05) is 19.9 Å². The minimum atomic E-state index is 0.0170. The average Bonchev–Trinajstić information content (AvgIpc) is 3.45. The summed E-state index contributed by atoms with van der Waals surface area (Å²) < 4.78 is 0. The van der Waals surface area contributed by atoms with Crippen molar-refractivity contribution in [2.75, 3.05) is 0 Å². The largest absolute Gasteiger partial charge is 0.293 e. The van der Waals surface area contributed by atoms with Crippen LogP contribution in [0.25, 0.3) is 0 Å². The minimum absolute atomic E-state index is 0.0170. The van der Waals surface area contributed by atoms with Crippen LogP contribution in [0.4, 0.5) is 0 Å². The van der Waals surface area contributed by atoms with E-state index in [-0.39, 0.29) is 17.9 Å². The second-order valence-corrected chi connectivity index (χ2v) is 8.63. The number of nitrogens with zero attached hydrogens (tertiary/aromatic N) is 1. The fourth-order valence-corrected chi connectivity index (χ4v) is 5.07. The van der Waals surface area contributed by atoms with Gasteiger partial charge in [0.25, 0.3) is 0 Å². The summed E-state index contributed by atoms with van der Waals surface area (Å²) in [6, 6.07) is 21.9. The number of benzene rings is 2. The summed E-state index contributed by atoms with van der Waals surface area (Å²) in [5, 5.41) is 0. The van der Waals surface area contributed by atoms with Crippen molar-refractivity contribution in [1.82, 2.24) is 4.90 Å². The summed E-state index contributed by atoms with van der Waals surface area (Å²) in [4.78, 5) is 15.6. The molecule has 0 bridgehead atoms. The molecule has 2 aromatic rings. The highest BCUT2D eigenvalue weighted by molar-refractivity contribution is 5.97. The van der Waals surface area contributed by atoms with E-state index in [2.05, 4.69) is 65.6 Å². The molecule has 2 fully saturated rings. The number of carbonyl (C=O) groups is 1. The predicted molar refractivity (Wildman–Crippen MR) is 115 cm³/mol. The van der Waals surface area contributed by atoms with Gasteiger partial charge >= 0.3 is 0 Å². The Hall–Kier alpha value is -2.19. The average molecular weight is 374 g/mol. The topological polar surface area (TPSA) is 20.1 Å². The van der Waals surface area contributed by atoms with Gasteiger partial charge in [-0.2, -0.15) is 0 Å². The maximum Gasteiger partial charge on any atom is 0.174 e. The first-order chi connectivity index (χ1) is 13.7. The third-order valence-corrected chi connectivity index (χ3v) is 6.28. The molecular formula is C26H31NO. The van der Waals surface area contributed by atoms with Crippen LogP contribution in [0.1, 0.15) is 63.1 Å². The lowest BCUT2D eigenvalue weighted by Gasteiger charge is -2.25. The Morgan fingerprint density at radius 1 is 0.893 bits per heavy atom. The monoisotopic (exact) mass is 373 g/mol. The Morgan fingerprint density at radius 2 is 1.43 bits per heavy atom. The molecule has 2 nitrogen and oxygen atoms in total. The van der Waals surface area contributed by atoms with E-state index >= 15 is 0 Å². The number of hydrogen-bond acceptors (Lipinski definition) is 2. The van der Waals surface area contributed by atoms with Crippen molar-refractivity contribution < 1.29 is 4.79 Å². The molecule has 1 aliphatic carbocycles. The Balaban J connectivity index is 1.72. The first-order valence-electron chi connectivity index (χ1n) is 10.7. The molecule has 2 aliphatic rings. The van der Waals surface area contributed by atoms with Crippen molar-refractivity contribution in [3.63, 3.8) is 0 Å². The van der Waals surface area contributed by atoms with Gasteiger partial charge in [0.2, 0.25) is 0 Å². The van der Waals surface area contributed by atoms with Gasteiger partial charge in [0.15, 0.2) is 5.78 Å². The van der Waals surface area contributed by atoms with Gasteiger partial charge in [0.05, 0.1) is 12.1 Å². The number of allylic oxidation sites excluding steroid dienone is 1. The zero-order valence-corrected chi connectivity index (χ0v) is 17.1. The van der Waals surface area contributed by atoms with Crippen LogP contribution in [0, 0.1) is 5.92 Å². The summed E-state index contributed by atoms with van der Waals surface area (Å²) in [6.07, 6.45) is 8.33. The maximum atomic E-state index is 13.1. The van der Waals surface area contributed by atoms with Crippen LogP contribution in [-0.2, 0) is 4.79 Å². The zero-order valence-electron chi connectivity index (χ0n) is 17.1. The van der Waals surface area contributed by atoms with Gasteiger partial charge in [-0.15, -0.1) is 0 Å². The molecule has 1 saturated heterocycles. The highest BCUT2D eigenvalue weighted by Gasteiger charge is 2.58. The molecule has 1 saturated carbocycles. The van der Waals surface area contributed by atoms with E-state index in [4.69, 9.17) is 0 Å². The normalized spacial score (nSPS) is 24.8. The second-order valence-electron chi connectivity index (χ2n) is 8.63. The van der Waals surface area contributed by atoms with E-state index in [9.17, 15) is 4.79 Å². The van der Waals surface area contributed by atoms with Gasteiger partial charge in [-0.05, 0) is 49.8 Å². The number of ketones is 1. The van der Waals surface area contributed by atoms with E-state index in [1.54, 1.807) is 0 Å². The van der Waals surface area contributed by atoms with Crippen molar-refractivity contribution in [1.29, 1.82) is 0 Å². The molecule has 3 atom stereocenters.